The lowest BCUT2D eigenvalue weighted by atomic mass is 9.99. The van der Waals surface area contributed by atoms with Crippen molar-refractivity contribution in [3.05, 3.63) is 6.33 Å². The molecule has 2 aromatic heterocycles. The molecule has 0 saturated carbocycles. The zero-order chi connectivity index (χ0) is 12.7. The van der Waals surface area contributed by atoms with Gasteiger partial charge in [0, 0.05) is 20.1 Å². The summed E-state index contributed by atoms with van der Waals surface area (Å²) in [6, 6.07) is 0. The maximum absolute atomic E-state index is 5.97. The van der Waals surface area contributed by atoms with E-state index < -0.39 is 0 Å². The van der Waals surface area contributed by atoms with Crippen molar-refractivity contribution in [1.29, 1.82) is 0 Å². The Morgan fingerprint density at radius 2 is 2.00 bits per heavy atom. The lowest BCUT2D eigenvalue weighted by Crippen LogP contribution is -2.33. The molecule has 6 nitrogen and oxygen atoms in total. The summed E-state index contributed by atoms with van der Waals surface area (Å²) in [6.45, 7) is 4.36. The van der Waals surface area contributed by atoms with Crippen molar-refractivity contribution >= 4 is 22.7 Å². The number of nitrogens with zero attached hydrogens (tertiary/aromatic N) is 5. The first-order valence-corrected chi connectivity index (χ1v) is 6.35. The molecule has 0 radical (unpaired) electrons. The molecule has 0 spiro atoms. The highest BCUT2D eigenvalue weighted by molar-refractivity contribution is 5.96. The van der Waals surface area contributed by atoms with E-state index in [0.717, 1.165) is 35.9 Å². The Balaban J connectivity index is 2.06. The van der Waals surface area contributed by atoms with Crippen LogP contribution < -0.4 is 10.6 Å². The van der Waals surface area contributed by atoms with Gasteiger partial charge in [0.05, 0.1) is 0 Å². The van der Waals surface area contributed by atoms with Crippen molar-refractivity contribution in [3.8, 4) is 0 Å². The molecule has 1 fully saturated rings. The highest BCUT2D eigenvalue weighted by atomic mass is 15.3. The van der Waals surface area contributed by atoms with Gasteiger partial charge in [-0.1, -0.05) is 6.92 Å². The lowest BCUT2D eigenvalue weighted by molar-refractivity contribution is 0.437. The largest absolute Gasteiger partial charge is 0.382 e. The highest BCUT2D eigenvalue weighted by Gasteiger charge is 2.21. The van der Waals surface area contributed by atoms with Gasteiger partial charge in [-0.25, -0.2) is 14.6 Å². The second-order valence-corrected chi connectivity index (χ2v) is 5.07. The summed E-state index contributed by atoms with van der Waals surface area (Å²) in [4.78, 5) is 11.0. The molecular formula is C12H18N6. The van der Waals surface area contributed by atoms with Crippen LogP contribution in [0.5, 0.6) is 0 Å². The first-order chi connectivity index (χ1) is 8.66. The molecule has 2 N–H and O–H groups in total. The normalized spacial score (nSPS) is 17.6. The molecule has 0 aliphatic carbocycles. The molecule has 0 aromatic carbocycles. The van der Waals surface area contributed by atoms with Gasteiger partial charge in [0.25, 0.3) is 0 Å². The van der Waals surface area contributed by atoms with Gasteiger partial charge in [-0.15, -0.1) is 0 Å². The average Bonchev–Trinajstić information content (AvgIpc) is 2.66. The van der Waals surface area contributed by atoms with Gasteiger partial charge in [0.15, 0.2) is 11.5 Å². The van der Waals surface area contributed by atoms with Crippen molar-refractivity contribution in [2.24, 2.45) is 13.0 Å². The minimum absolute atomic E-state index is 0.515. The van der Waals surface area contributed by atoms with Crippen LogP contribution in [-0.2, 0) is 7.05 Å². The molecule has 0 amide bonds. The van der Waals surface area contributed by atoms with Crippen LogP contribution in [0.15, 0.2) is 6.33 Å². The second-order valence-electron chi connectivity index (χ2n) is 5.07. The van der Waals surface area contributed by atoms with Crippen LogP contribution in [0, 0.1) is 5.92 Å². The van der Waals surface area contributed by atoms with Crippen LogP contribution >= 0.6 is 0 Å². The lowest BCUT2D eigenvalue weighted by Gasteiger charge is -2.31. The summed E-state index contributed by atoms with van der Waals surface area (Å²) >= 11 is 0. The fourth-order valence-electron chi connectivity index (χ4n) is 2.56. The summed E-state index contributed by atoms with van der Waals surface area (Å²) in [5.41, 5.74) is 6.78. The van der Waals surface area contributed by atoms with Gasteiger partial charge in [-0.2, -0.15) is 5.10 Å². The number of aryl methyl sites for hydroxylation is 1. The first kappa shape index (κ1) is 11.3. The highest BCUT2D eigenvalue weighted by Crippen LogP contribution is 2.30. The monoisotopic (exact) mass is 246 g/mol. The molecule has 6 heteroatoms. The zero-order valence-corrected chi connectivity index (χ0v) is 10.8. The van der Waals surface area contributed by atoms with Gasteiger partial charge >= 0.3 is 0 Å². The van der Waals surface area contributed by atoms with Gasteiger partial charge in [0.1, 0.15) is 17.5 Å². The number of rotatable bonds is 1. The molecule has 96 valence electrons. The Morgan fingerprint density at radius 3 is 2.72 bits per heavy atom. The number of hydrogen-bond acceptors (Lipinski definition) is 5. The number of nitrogens with two attached hydrogens (primary N) is 1. The number of anilines is 2. The fourth-order valence-corrected chi connectivity index (χ4v) is 2.56. The van der Waals surface area contributed by atoms with Gasteiger partial charge < -0.3 is 10.6 Å². The van der Waals surface area contributed by atoms with E-state index in [4.69, 9.17) is 5.73 Å². The van der Waals surface area contributed by atoms with E-state index in [9.17, 15) is 0 Å². The van der Waals surface area contributed by atoms with Gasteiger partial charge in [-0.3, -0.25) is 0 Å². The predicted molar refractivity (Wildman–Crippen MR) is 71.3 cm³/mol. The molecule has 0 unspecified atom stereocenters. The maximum Gasteiger partial charge on any atom is 0.165 e. The van der Waals surface area contributed by atoms with E-state index in [2.05, 4.69) is 26.9 Å². The third kappa shape index (κ3) is 1.68. The van der Waals surface area contributed by atoms with Crippen LogP contribution in [0.25, 0.3) is 11.0 Å². The Bertz CT molecular complexity index is 567. The van der Waals surface area contributed by atoms with Crippen molar-refractivity contribution in [2.75, 3.05) is 23.7 Å². The topological polar surface area (TPSA) is 72.9 Å². The molecule has 1 aliphatic rings. The summed E-state index contributed by atoms with van der Waals surface area (Å²) in [7, 11) is 1.85. The maximum atomic E-state index is 5.97. The number of nitrogen functional groups attached to an aromatic ring is 1. The van der Waals surface area contributed by atoms with E-state index in [1.165, 1.54) is 12.8 Å². The first-order valence-electron chi connectivity index (χ1n) is 6.35. The molecule has 1 aliphatic heterocycles. The molecule has 1 saturated heterocycles. The SMILES string of the molecule is CC1CCN(c2ncnc3c2c(N)nn3C)CC1. The molecule has 0 atom stereocenters. The summed E-state index contributed by atoms with van der Waals surface area (Å²) in [5, 5.41) is 5.11. The quantitative estimate of drug-likeness (QED) is 0.818. The number of aromatic nitrogens is 4. The Kier molecular flexibility index (Phi) is 2.57. The van der Waals surface area contributed by atoms with Crippen molar-refractivity contribution in [1.82, 2.24) is 19.7 Å². The summed E-state index contributed by atoms with van der Waals surface area (Å²) in [6.07, 6.45) is 3.99. The molecule has 0 bridgehead atoms. The van der Waals surface area contributed by atoms with Crippen LogP contribution in [0.3, 0.4) is 0 Å². The second kappa shape index (κ2) is 4.12. The van der Waals surface area contributed by atoms with Gasteiger partial charge in [0.2, 0.25) is 0 Å². The minimum Gasteiger partial charge on any atom is -0.382 e. The van der Waals surface area contributed by atoms with Crippen LogP contribution in [-0.4, -0.2) is 32.8 Å². The van der Waals surface area contributed by atoms with Crippen LogP contribution in [0.2, 0.25) is 0 Å². The third-order valence-electron chi connectivity index (χ3n) is 3.71. The molecule has 2 aromatic rings. The molecule has 18 heavy (non-hydrogen) atoms. The standard InChI is InChI=1S/C12H18N6/c1-8-3-5-18(6-4-8)12-9-10(13)16-17(2)11(9)14-7-15-12/h7-8H,3-6H2,1-2H3,(H2,13,16). The van der Waals surface area contributed by atoms with Gasteiger partial charge in [-0.05, 0) is 18.8 Å². The van der Waals surface area contributed by atoms with Crippen molar-refractivity contribution in [2.45, 2.75) is 19.8 Å². The van der Waals surface area contributed by atoms with E-state index in [1.54, 1.807) is 11.0 Å². The Labute approximate surface area is 106 Å². The number of hydrogen-bond donors (Lipinski definition) is 1. The van der Waals surface area contributed by atoms with Crippen LogP contribution in [0.4, 0.5) is 11.6 Å². The minimum atomic E-state index is 0.515. The Morgan fingerprint density at radius 1 is 1.28 bits per heavy atom. The fraction of sp³-hybridized carbons (Fsp3) is 0.583. The summed E-state index contributed by atoms with van der Waals surface area (Å²) < 4.78 is 1.71. The smallest absolute Gasteiger partial charge is 0.165 e. The Hall–Kier alpha value is -1.85. The van der Waals surface area contributed by atoms with Crippen LogP contribution in [0.1, 0.15) is 19.8 Å². The average molecular weight is 246 g/mol. The molecular weight excluding hydrogens is 228 g/mol. The third-order valence-corrected chi connectivity index (χ3v) is 3.71. The zero-order valence-electron chi connectivity index (χ0n) is 10.8. The van der Waals surface area contributed by atoms with E-state index in [-0.39, 0.29) is 0 Å². The van der Waals surface area contributed by atoms with E-state index in [1.807, 2.05) is 7.05 Å². The summed E-state index contributed by atoms with van der Waals surface area (Å²) in [5.74, 6) is 2.24. The van der Waals surface area contributed by atoms with Crippen molar-refractivity contribution in [3.63, 3.8) is 0 Å². The molecule has 3 rings (SSSR count). The number of fused-ring (bicyclic) bond motifs is 1. The van der Waals surface area contributed by atoms with Crippen molar-refractivity contribution < 1.29 is 0 Å². The molecule has 3 heterocycles. The van der Waals surface area contributed by atoms with E-state index in [0.29, 0.717) is 5.82 Å². The predicted octanol–water partition coefficient (Wildman–Crippen LogP) is 1.18. The van der Waals surface area contributed by atoms with E-state index >= 15 is 0 Å². The number of piperidine rings is 1.